The first-order valence-electron chi connectivity index (χ1n) is 1.90. The van der Waals surface area contributed by atoms with Gasteiger partial charge in [-0.1, -0.05) is 0 Å². The van der Waals surface area contributed by atoms with Crippen LogP contribution in [0.4, 0.5) is 0 Å². The Morgan fingerprint density at radius 1 is 1.71 bits per heavy atom. The third-order valence-corrected chi connectivity index (χ3v) is 0.465. The van der Waals surface area contributed by atoms with Crippen molar-refractivity contribution in [3.8, 4) is 0 Å². The Balaban J connectivity index is -0.000000125. The van der Waals surface area contributed by atoms with Gasteiger partial charge in [0.05, 0.1) is 0 Å². The molecule has 0 aliphatic carbocycles. The number of thiocarbonyl (C=S) groups is 1. The first kappa shape index (κ1) is 11.2. The average Bonchev–Trinajstić information content (AvgIpc) is 1.35. The Morgan fingerprint density at radius 2 is 2.14 bits per heavy atom. The maximum atomic E-state index is 4.37. The van der Waals surface area contributed by atoms with Gasteiger partial charge in [-0.15, -0.1) is 0 Å². The predicted molar refractivity (Wildman–Crippen MR) is 37.7 cm³/mol. The summed E-state index contributed by atoms with van der Waals surface area (Å²) in [5.41, 5.74) is 2.40. The van der Waals surface area contributed by atoms with Crippen molar-refractivity contribution in [2.75, 3.05) is 0 Å². The van der Waals surface area contributed by atoms with E-state index in [9.17, 15) is 0 Å². The standard InChI is InChI=1S/C4H8NS.Sr.H/c1-4(2)5-3-6;;/h4H,1-2H3,(H,5,6);;/q-1;+2;-1. The number of rotatable bonds is 2. The van der Waals surface area contributed by atoms with E-state index in [4.69, 9.17) is 0 Å². The minimum absolute atomic E-state index is 0. The van der Waals surface area contributed by atoms with Gasteiger partial charge in [0, 0.05) is 0 Å². The molecule has 0 aliphatic rings. The van der Waals surface area contributed by atoms with Crippen molar-refractivity contribution in [2.24, 2.45) is 0 Å². The van der Waals surface area contributed by atoms with Crippen LogP contribution in [0, 0.1) is 0 Å². The molecule has 0 aliphatic heterocycles. The third kappa shape index (κ3) is 11.1. The van der Waals surface area contributed by atoms with Crippen molar-refractivity contribution < 1.29 is 1.43 Å². The van der Waals surface area contributed by atoms with Gasteiger partial charge < -0.3 is 24.5 Å². The van der Waals surface area contributed by atoms with Gasteiger partial charge in [-0.3, -0.25) is 0 Å². The molecule has 1 nitrogen and oxygen atoms in total. The number of nitrogens with one attached hydrogen (secondary N) is 1. The van der Waals surface area contributed by atoms with Crippen molar-refractivity contribution in [2.45, 2.75) is 19.9 Å². The largest absolute Gasteiger partial charge is 2.00 e. The zero-order chi connectivity index (χ0) is 4.99. The molecule has 0 rings (SSSR count). The molecule has 0 saturated carbocycles. The normalized spacial score (nSPS) is 7.29. The van der Waals surface area contributed by atoms with E-state index in [0.717, 1.165) is 0 Å². The fourth-order valence-corrected chi connectivity index (χ4v) is 0.354. The molecule has 38 valence electrons. The summed E-state index contributed by atoms with van der Waals surface area (Å²) in [5, 5.41) is 2.77. The van der Waals surface area contributed by atoms with Crippen LogP contribution in [0.15, 0.2) is 0 Å². The van der Waals surface area contributed by atoms with Crippen LogP contribution in [-0.2, 0) is 0 Å². The molecule has 0 aromatic carbocycles. The molecule has 0 bridgehead atoms. The fraction of sp³-hybridized carbons (Fsp3) is 0.750. The summed E-state index contributed by atoms with van der Waals surface area (Å²) in [4.78, 5) is 0. The quantitative estimate of drug-likeness (QED) is 0.296. The van der Waals surface area contributed by atoms with Crippen LogP contribution < -0.4 is 5.32 Å². The van der Waals surface area contributed by atoms with E-state index < -0.39 is 0 Å². The van der Waals surface area contributed by atoms with Crippen molar-refractivity contribution in [1.82, 2.24) is 5.32 Å². The van der Waals surface area contributed by atoms with E-state index in [1.165, 1.54) is 0 Å². The molecule has 0 spiro atoms. The van der Waals surface area contributed by atoms with Gasteiger partial charge in [-0.05, 0) is 19.9 Å². The molecule has 7 heavy (non-hydrogen) atoms. The van der Waals surface area contributed by atoms with Gasteiger partial charge in [-0.25, -0.2) is 0 Å². The molecular formula is C4H9NSSr. The molecule has 0 heterocycles. The molecule has 0 fully saturated rings. The Kier molecular flexibility index (Phi) is 11.8. The fourth-order valence-electron chi connectivity index (χ4n) is 0.118. The van der Waals surface area contributed by atoms with E-state index in [2.05, 4.69) is 23.0 Å². The minimum atomic E-state index is 0. The van der Waals surface area contributed by atoms with E-state index in [0.29, 0.717) is 6.04 Å². The maximum Gasteiger partial charge on any atom is 2.00 e. The first-order chi connectivity index (χ1) is 2.77. The van der Waals surface area contributed by atoms with E-state index >= 15 is 0 Å². The van der Waals surface area contributed by atoms with Crippen molar-refractivity contribution in [3.63, 3.8) is 0 Å². The maximum absolute atomic E-state index is 4.37. The smallest absolute Gasteiger partial charge is 1.00 e. The molecular weight excluding hydrogens is 182 g/mol. The van der Waals surface area contributed by atoms with Crippen LogP contribution in [0.5, 0.6) is 0 Å². The van der Waals surface area contributed by atoms with Crippen LogP contribution >= 0.6 is 12.2 Å². The predicted octanol–water partition coefficient (Wildman–Crippen LogP) is 0.550. The summed E-state index contributed by atoms with van der Waals surface area (Å²) < 4.78 is 0. The van der Waals surface area contributed by atoms with E-state index in [1.54, 1.807) is 0 Å². The number of hydrogen-bond acceptors (Lipinski definition) is 1. The van der Waals surface area contributed by atoms with Gasteiger partial charge in [0.1, 0.15) is 0 Å². The molecule has 0 aromatic rings. The van der Waals surface area contributed by atoms with E-state index in [-0.39, 0.29) is 46.9 Å². The zero-order valence-corrected chi connectivity index (χ0v) is 8.99. The van der Waals surface area contributed by atoms with Crippen LogP contribution in [0.1, 0.15) is 15.3 Å². The summed E-state index contributed by atoms with van der Waals surface area (Å²) in [7, 11) is 0. The summed E-state index contributed by atoms with van der Waals surface area (Å²) in [6, 6.07) is 0.433. The van der Waals surface area contributed by atoms with Crippen LogP contribution in [0.3, 0.4) is 0 Å². The topological polar surface area (TPSA) is 12.0 Å². The molecule has 0 radical (unpaired) electrons. The number of hydrogen-bond donors (Lipinski definition) is 1. The first-order valence-corrected chi connectivity index (χ1v) is 2.31. The average molecular weight is 191 g/mol. The molecule has 0 aromatic heterocycles. The summed E-state index contributed by atoms with van der Waals surface area (Å²) in [6.45, 7) is 4.03. The Morgan fingerprint density at radius 3 is 2.14 bits per heavy atom. The Bertz CT molecular complexity index is 51.3. The van der Waals surface area contributed by atoms with Gasteiger partial charge in [0.15, 0.2) is 0 Å². The summed E-state index contributed by atoms with van der Waals surface area (Å²) in [5.74, 6) is 0. The van der Waals surface area contributed by atoms with Crippen LogP contribution in [0.25, 0.3) is 0 Å². The van der Waals surface area contributed by atoms with Crippen molar-refractivity contribution in [1.29, 1.82) is 0 Å². The van der Waals surface area contributed by atoms with Gasteiger partial charge in [-0.2, -0.15) is 0 Å². The second kappa shape index (κ2) is 7.37. The van der Waals surface area contributed by atoms with Crippen LogP contribution in [0.2, 0.25) is 0 Å². The molecule has 0 amide bonds. The van der Waals surface area contributed by atoms with Gasteiger partial charge in [0.25, 0.3) is 0 Å². The molecule has 3 heteroatoms. The molecule has 0 saturated heterocycles. The zero-order valence-electron chi connectivity index (χ0n) is 5.69. The van der Waals surface area contributed by atoms with Gasteiger partial charge >= 0.3 is 45.5 Å². The Hall–Kier alpha value is 1.37. The third-order valence-electron chi connectivity index (χ3n) is 0.348. The molecule has 1 N–H and O–H groups in total. The second-order valence-electron chi connectivity index (χ2n) is 1.40. The summed E-state index contributed by atoms with van der Waals surface area (Å²) >= 11 is 4.37. The minimum Gasteiger partial charge on any atom is -1.00 e. The molecule has 0 unspecified atom stereocenters. The van der Waals surface area contributed by atoms with E-state index in [1.807, 2.05) is 13.8 Å². The Labute approximate surface area is 88.6 Å². The second-order valence-corrected chi connectivity index (χ2v) is 1.61. The molecule has 0 atom stereocenters. The van der Waals surface area contributed by atoms with Crippen molar-refractivity contribution in [3.05, 3.63) is 0 Å². The monoisotopic (exact) mass is 191 g/mol. The van der Waals surface area contributed by atoms with Crippen molar-refractivity contribution >= 4 is 63.2 Å². The SMILES string of the molecule is CC(C)N[C-]=S.[H-].[Sr+2]. The van der Waals surface area contributed by atoms with Gasteiger partial charge in [0.2, 0.25) is 0 Å². The van der Waals surface area contributed by atoms with Crippen LogP contribution in [-0.4, -0.2) is 57.0 Å². The summed E-state index contributed by atoms with van der Waals surface area (Å²) in [6.07, 6.45) is 0.